The largest absolute Gasteiger partial charge is 0.495 e. The van der Waals surface area contributed by atoms with E-state index in [0.717, 1.165) is 24.9 Å². The predicted octanol–water partition coefficient (Wildman–Crippen LogP) is 4.22. The van der Waals surface area contributed by atoms with E-state index in [2.05, 4.69) is 16.8 Å². The number of carbonyl (C=O) groups is 1. The van der Waals surface area contributed by atoms with Crippen molar-refractivity contribution in [3.05, 3.63) is 65.6 Å². The van der Waals surface area contributed by atoms with E-state index in [1.54, 1.807) is 36.0 Å². The first-order valence-electron chi connectivity index (χ1n) is 10.7. The fraction of sp³-hybridized carbons (Fsp3) is 0.417. The third-order valence-corrected chi connectivity index (χ3v) is 6.14. The lowest BCUT2D eigenvalue weighted by atomic mass is 9.93. The molecule has 4 rings (SSSR count). The van der Waals surface area contributed by atoms with E-state index in [0.29, 0.717) is 28.7 Å². The first-order chi connectivity index (χ1) is 14.6. The molecular formula is C24H29N3O3. The van der Waals surface area contributed by atoms with E-state index in [9.17, 15) is 9.90 Å². The highest BCUT2D eigenvalue weighted by Crippen LogP contribution is 2.29. The first-order valence-corrected chi connectivity index (χ1v) is 10.7. The van der Waals surface area contributed by atoms with Gasteiger partial charge in [-0.05, 0) is 37.1 Å². The molecule has 6 nitrogen and oxygen atoms in total. The average molecular weight is 408 g/mol. The molecule has 0 amide bonds. The van der Waals surface area contributed by atoms with E-state index in [4.69, 9.17) is 4.74 Å². The molecule has 0 saturated heterocycles. The molecule has 1 fully saturated rings. The number of pyridine rings is 1. The summed E-state index contributed by atoms with van der Waals surface area (Å²) in [7, 11) is 1.59. The second-order valence-corrected chi connectivity index (χ2v) is 7.89. The van der Waals surface area contributed by atoms with Crippen molar-refractivity contribution < 1.29 is 14.6 Å². The lowest BCUT2D eigenvalue weighted by Gasteiger charge is -2.37. The van der Waals surface area contributed by atoms with Gasteiger partial charge in [0.05, 0.1) is 19.5 Å². The maximum absolute atomic E-state index is 13.1. The van der Waals surface area contributed by atoms with Crippen LogP contribution in [0.1, 0.15) is 66.9 Å². The fourth-order valence-electron chi connectivity index (χ4n) is 4.44. The lowest BCUT2D eigenvalue weighted by molar-refractivity contribution is -0.0335. The lowest BCUT2D eigenvalue weighted by Crippen LogP contribution is -2.39. The van der Waals surface area contributed by atoms with Crippen LogP contribution in [-0.2, 0) is 0 Å². The number of methoxy groups -OCH3 is 1. The molecule has 1 atom stereocenters. The minimum atomic E-state index is -0.651. The highest BCUT2D eigenvalue weighted by Gasteiger charge is 2.26. The Hall–Kier alpha value is -2.70. The minimum absolute atomic E-state index is 0.114. The van der Waals surface area contributed by atoms with Crippen molar-refractivity contribution in [2.45, 2.75) is 51.3 Å². The van der Waals surface area contributed by atoms with Gasteiger partial charge in [-0.1, -0.05) is 50.5 Å². The Morgan fingerprint density at radius 2 is 1.93 bits per heavy atom. The Kier molecular flexibility index (Phi) is 6.16. The predicted molar refractivity (Wildman–Crippen MR) is 116 cm³/mol. The summed E-state index contributed by atoms with van der Waals surface area (Å²) in [5.41, 5.74) is 2.56. The fourth-order valence-corrected chi connectivity index (χ4v) is 4.44. The number of rotatable bonds is 7. The Balaban J connectivity index is 1.55. The maximum atomic E-state index is 13.1. The summed E-state index contributed by atoms with van der Waals surface area (Å²) in [5, 5.41) is 11.0. The van der Waals surface area contributed by atoms with Crippen molar-refractivity contribution in [2.24, 2.45) is 0 Å². The zero-order valence-electron chi connectivity index (χ0n) is 17.6. The van der Waals surface area contributed by atoms with E-state index in [1.165, 1.54) is 19.3 Å². The number of imidazole rings is 1. The van der Waals surface area contributed by atoms with Crippen molar-refractivity contribution in [3.63, 3.8) is 0 Å². The summed E-state index contributed by atoms with van der Waals surface area (Å²) in [5.74, 6) is 0.548. The molecule has 1 aliphatic carbocycles. The zero-order valence-corrected chi connectivity index (χ0v) is 17.6. The first kappa shape index (κ1) is 20.6. The molecule has 2 aromatic heterocycles. The quantitative estimate of drug-likeness (QED) is 0.469. The summed E-state index contributed by atoms with van der Waals surface area (Å²) in [6, 6.07) is 11.3. The molecule has 2 heterocycles. The van der Waals surface area contributed by atoms with Gasteiger partial charge in [0.1, 0.15) is 23.3 Å². The van der Waals surface area contributed by atoms with E-state index >= 15 is 0 Å². The van der Waals surface area contributed by atoms with Crippen LogP contribution >= 0.6 is 0 Å². The van der Waals surface area contributed by atoms with Crippen LogP contribution in [0.5, 0.6) is 5.75 Å². The number of nitrogens with zero attached hydrogens (tertiary/aromatic N) is 3. The van der Waals surface area contributed by atoms with Gasteiger partial charge in [0, 0.05) is 11.6 Å². The topological polar surface area (TPSA) is 67.1 Å². The molecule has 158 valence electrons. The Morgan fingerprint density at radius 3 is 2.60 bits per heavy atom. The van der Waals surface area contributed by atoms with Crippen molar-refractivity contribution in [3.8, 4) is 5.75 Å². The van der Waals surface area contributed by atoms with E-state index < -0.39 is 6.23 Å². The Labute approximate surface area is 177 Å². The summed E-state index contributed by atoms with van der Waals surface area (Å²) >= 11 is 0. The number of aliphatic hydroxyl groups excluding tert-OH is 1. The molecule has 0 radical (unpaired) electrons. The molecule has 1 unspecified atom stereocenters. The second-order valence-electron chi connectivity index (χ2n) is 7.89. The number of fused-ring (bicyclic) bond motifs is 1. The average Bonchev–Trinajstić information content (AvgIpc) is 3.23. The van der Waals surface area contributed by atoms with Gasteiger partial charge in [-0.3, -0.25) is 14.1 Å². The van der Waals surface area contributed by atoms with Crippen LogP contribution in [0, 0.1) is 0 Å². The molecule has 1 saturated carbocycles. The van der Waals surface area contributed by atoms with Gasteiger partial charge in [0.25, 0.3) is 0 Å². The van der Waals surface area contributed by atoms with Crippen molar-refractivity contribution in [2.75, 3.05) is 13.7 Å². The van der Waals surface area contributed by atoms with Crippen molar-refractivity contribution >= 4 is 11.4 Å². The summed E-state index contributed by atoms with van der Waals surface area (Å²) in [6.45, 7) is 2.89. The Morgan fingerprint density at radius 1 is 1.20 bits per heavy atom. The third-order valence-electron chi connectivity index (χ3n) is 6.14. The second kappa shape index (κ2) is 8.98. The monoisotopic (exact) mass is 407 g/mol. The number of benzene rings is 1. The van der Waals surface area contributed by atoms with Gasteiger partial charge in [-0.15, -0.1) is 0 Å². The van der Waals surface area contributed by atoms with Crippen LogP contribution in [0.15, 0.2) is 48.8 Å². The highest BCUT2D eigenvalue weighted by molar-refractivity contribution is 6.08. The Bertz CT molecular complexity index is 1010. The van der Waals surface area contributed by atoms with Crippen molar-refractivity contribution in [1.82, 2.24) is 14.3 Å². The SMILES string of the molecule is CCN(C1CCCCC1)C(O)c1ccc(C(=O)c2cnc3ccc(OC)cn23)cc1. The normalized spacial score (nSPS) is 16.1. The number of ether oxygens (including phenoxy) is 1. The van der Waals surface area contributed by atoms with Gasteiger partial charge < -0.3 is 9.84 Å². The van der Waals surface area contributed by atoms with Crippen molar-refractivity contribution in [1.29, 1.82) is 0 Å². The van der Waals surface area contributed by atoms with E-state index in [-0.39, 0.29) is 5.78 Å². The van der Waals surface area contributed by atoms with Crippen LogP contribution in [0.25, 0.3) is 5.65 Å². The molecule has 3 aromatic rings. The van der Waals surface area contributed by atoms with Gasteiger partial charge in [-0.25, -0.2) is 4.98 Å². The smallest absolute Gasteiger partial charge is 0.211 e. The number of hydrogen-bond acceptors (Lipinski definition) is 5. The molecule has 0 aliphatic heterocycles. The minimum Gasteiger partial charge on any atom is -0.495 e. The molecule has 6 heteroatoms. The number of aliphatic hydroxyl groups is 1. The van der Waals surface area contributed by atoms with Gasteiger partial charge >= 0.3 is 0 Å². The number of aromatic nitrogens is 2. The summed E-state index contributed by atoms with van der Waals surface area (Å²) in [6.07, 6.45) is 8.71. The van der Waals surface area contributed by atoms with Crippen LogP contribution in [0.4, 0.5) is 0 Å². The summed E-state index contributed by atoms with van der Waals surface area (Å²) < 4.78 is 7.01. The van der Waals surface area contributed by atoms with Crippen LogP contribution in [0.3, 0.4) is 0 Å². The zero-order chi connectivity index (χ0) is 21.1. The molecule has 1 aliphatic rings. The molecule has 0 spiro atoms. The number of hydrogen-bond donors (Lipinski definition) is 1. The van der Waals surface area contributed by atoms with E-state index in [1.807, 2.05) is 24.3 Å². The molecule has 30 heavy (non-hydrogen) atoms. The van der Waals surface area contributed by atoms with Crippen LogP contribution in [-0.4, -0.2) is 44.9 Å². The standard InChI is InChI=1S/C24H29N3O3/c1-3-26(19-7-5-4-6-8-19)24(29)18-11-9-17(10-12-18)23(28)21-15-25-22-14-13-20(30-2)16-27(21)22/h9-16,19,24,29H,3-8H2,1-2H3. The van der Waals surface area contributed by atoms with Gasteiger partial charge in [0.15, 0.2) is 0 Å². The van der Waals surface area contributed by atoms with Crippen LogP contribution < -0.4 is 4.74 Å². The molecular weight excluding hydrogens is 378 g/mol. The van der Waals surface area contributed by atoms with Gasteiger partial charge in [0.2, 0.25) is 5.78 Å². The van der Waals surface area contributed by atoms with Crippen LogP contribution in [0.2, 0.25) is 0 Å². The highest BCUT2D eigenvalue weighted by atomic mass is 16.5. The molecule has 1 N–H and O–H groups in total. The van der Waals surface area contributed by atoms with Gasteiger partial charge in [-0.2, -0.15) is 0 Å². The number of carbonyl (C=O) groups excluding carboxylic acids is 1. The maximum Gasteiger partial charge on any atom is 0.211 e. The third kappa shape index (κ3) is 3.98. The molecule has 1 aromatic carbocycles. The molecule has 0 bridgehead atoms. The number of ketones is 1. The summed E-state index contributed by atoms with van der Waals surface area (Å²) in [4.78, 5) is 19.6.